The average Bonchev–Trinajstić information content (AvgIpc) is 2.60. The topological polar surface area (TPSA) is 44.8 Å². The minimum atomic E-state index is -0.464. The van der Waals surface area contributed by atoms with E-state index in [1.54, 1.807) is 0 Å². The van der Waals surface area contributed by atoms with Crippen LogP contribution >= 0.6 is 0 Å². The van der Waals surface area contributed by atoms with E-state index in [4.69, 9.17) is 4.74 Å². The van der Waals surface area contributed by atoms with Gasteiger partial charge in [-0.2, -0.15) is 0 Å². The molecule has 0 bridgehead atoms. The normalized spacial score (nSPS) is 21.3. The number of amides is 1. The lowest BCUT2D eigenvalue weighted by molar-refractivity contribution is 0.0160. The summed E-state index contributed by atoms with van der Waals surface area (Å²) in [5.74, 6) is 0. The number of rotatable bonds is 2. The number of benzene rings is 1. The zero-order valence-electron chi connectivity index (χ0n) is 16.8. The molecule has 2 aliphatic heterocycles. The van der Waals surface area contributed by atoms with Gasteiger partial charge in [-0.1, -0.05) is 12.1 Å². The Labute approximate surface area is 157 Å². The molecule has 5 heteroatoms. The molecule has 1 saturated heterocycles. The molecule has 0 aliphatic carbocycles. The van der Waals surface area contributed by atoms with Crippen LogP contribution in [0, 0.1) is 0 Å². The Kier molecular flexibility index (Phi) is 5.47. The lowest BCUT2D eigenvalue weighted by Gasteiger charge is -2.40. The highest BCUT2D eigenvalue weighted by Crippen LogP contribution is 2.36. The summed E-state index contributed by atoms with van der Waals surface area (Å²) in [4.78, 5) is 16.9. The molecule has 1 amide bonds. The molecule has 0 saturated carbocycles. The van der Waals surface area contributed by atoms with Gasteiger partial charge in [0.25, 0.3) is 0 Å². The van der Waals surface area contributed by atoms with Gasteiger partial charge in [-0.3, -0.25) is 0 Å². The van der Waals surface area contributed by atoms with Crippen molar-refractivity contribution in [3.05, 3.63) is 29.3 Å². The van der Waals surface area contributed by atoms with Gasteiger partial charge in [0.05, 0.1) is 6.04 Å². The van der Waals surface area contributed by atoms with Gasteiger partial charge in [-0.05, 0) is 77.2 Å². The van der Waals surface area contributed by atoms with Crippen molar-refractivity contribution < 1.29 is 9.53 Å². The first-order chi connectivity index (χ1) is 12.3. The summed E-state index contributed by atoms with van der Waals surface area (Å²) in [6.45, 7) is 10.7. The average molecular weight is 360 g/mol. The molecule has 3 rings (SSSR count). The van der Waals surface area contributed by atoms with Crippen molar-refractivity contribution in [2.45, 2.75) is 64.6 Å². The number of carbonyl (C=O) groups is 1. The van der Waals surface area contributed by atoms with E-state index in [1.807, 2.05) is 25.7 Å². The third-order valence-electron chi connectivity index (χ3n) is 5.57. The molecule has 2 heterocycles. The Hall–Kier alpha value is -1.75. The van der Waals surface area contributed by atoms with Gasteiger partial charge < -0.3 is 19.9 Å². The first-order valence-electron chi connectivity index (χ1n) is 9.83. The van der Waals surface area contributed by atoms with Crippen molar-refractivity contribution >= 4 is 11.8 Å². The van der Waals surface area contributed by atoms with Crippen molar-refractivity contribution in [1.82, 2.24) is 10.2 Å². The molecular formula is C21H33N3O2. The van der Waals surface area contributed by atoms with E-state index < -0.39 is 5.60 Å². The van der Waals surface area contributed by atoms with Crippen LogP contribution in [0.25, 0.3) is 0 Å². The van der Waals surface area contributed by atoms with Crippen molar-refractivity contribution in [3.63, 3.8) is 0 Å². The number of hydrogen-bond acceptors (Lipinski definition) is 4. The van der Waals surface area contributed by atoms with Crippen molar-refractivity contribution in [3.8, 4) is 0 Å². The third kappa shape index (κ3) is 3.98. The van der Waals surface area contributed by atoms with E-state index in [2.05, 4.69) is 42.4 Å². The quantitative estimate of drug-likeness (QED) is 0.874. The van der Waals surface area contributed by atoms with Crippen molar-refractivity contribution in [2.75, 3.05) is 31.6 Å². The smallest absolute Gasteiger partial charge is 0.410 e. The fraction of sp³-hybridized carbons (Fsp3) is 0.667. The Balaban J connectivity index is 1.82. The van der Waals surface area contributed by atoms with Gasteiger partial charge in [-0.15, -0.1) is 0 Å². The van der Waals surface area contributed by atoms with E-state index in [0.717, 1.165) is 19.5 Å². The van der Waals surface area contributed by atoms with Crippen LogP contribution in [0.1, 0.15) is 57.7 Å². The van der Waals surface area contributed by atoms with Gasteiger partial charge >= 0.3 is 6.09 Å². The van der Waals surface area contributed by atoms with E-state index >= 15 is 0 Å². The second kappa shape index (κ2) is 7.47. The molecule has 2 aliphatic rings. The number of ether oxygens (including phenoxy) is 1. The molecule has 1 N–H and O–H groups in total. The fourth-order valence-electron chi connectivity index (χ4n) is 4.14. The number of carbonyl (C=O) groups excluding carboxylic acids is 1. The van der Waals surface area contributed by atoms with Crippen molar-refractivity contribution in [2.24, 2.45) is 0 Å². The highest BCUT2D eigenvalue weighted by molar-refractivity contribution is 5.70. The molecule has 5 nitrogen and oxygen atoms in total. The minimum absolute atomic E-state index is 0.0370. The minimum Gasteiger partial charge on any atom is -0.444 e. The number of fused-ring (bicyclic) bond motifs is 1. The van der Waals surface area contributed by atoms with Crippen LogP contribution in [0.2, 0.25) is 0 Å². The zero-order valence-corrected chi connectivity index (χ0v) is 16.8. The van der Waals surface area contributed by atoms with E-state index in [0.29, 0.717) is 12.6 Å². The molecule has 1 atom stereocenters. The molecule has 144 valence electrons. The molecule has 1 aromatic rings. The monoisotopic (exact) mass is 359 g/mol. The predicted molar refractivity (Wildman–Crippen MR) is 106 cm³/mol. The Bertz CT molecular complexity index is 647. The second-order valence-electron chi connectivity index (χ2n) is 8.54. The fourth-order valence-corrected chi connectivity index (χ4v) is 4.14. The molecular weight excluding hydrogens is 326 g/mol. The lowest BCUT2D eigenvalue weighted by atomic mass is 9.91. The number of hydrogen-bond donors (Lipinski definition) is 1. The third-order valence-corrected chi connectivity index (χ3v) is 5.57. The number of piperidine rings is 1. The van der Waals surface area contributed by atoms with Crippen LogP contribution in [0.4, 0.5) is 10.5 Å². The molecule has 0 spiro atoms. The highest BCUT2D eigenvalue weighted by atomic mass is 16.6. The highest BCUT2D eigenvalue weighted by Gasteiger charge is 2.33. The molecule has 0 radical (unpaired) electrons. The lowest BCUT2D eigenvalue weighted by Crippen LogP contribution is -2.44. The first-order valence-corrected chi connectivity index (χ1v) is 9.83. The maximum Gasteiger partial charge on any atom is 0.410 e. The Morgan fingerprint density at radius 2 is 1.96 bits per heavy atom. The van der Waals surface area contributed by atoms with Crippen LogP contribution in [0.15, 0.2) is 18.2 Å². The largest absolute Gasteiger partial charge is 0.444 e. The predicted octanol–water partition coefficient (Wildman–Crippen LogP) is 3.73. The van der Waals surface area contributed by atoms with Crippen LogP contribution in [0.5, 0.6) is 0 Å². The maximum atomic E-state index is 12.6. The summed E-state index contributed by atoms with van der Waals surface area (Å²) < 4.78 is 5.61. The summed E-state index contributed by atoms with van der Waals surface area (Å²) in [5.41, 5.74) is 3.50. The van der Waals surface area contributed by atoms with Gasteiger partial charge in [-0.25, -0.2) is 4.79 Å². The van der Waals surface area contributed by atoms with E-state index in [1.165, 1.54) is 29.7 Å². The van der Waals surface area contributed by atoms with Crippen molar-refractivity contribution in [1.29, 1.82) is 0 Å². The number of nitrogens with one attached hydrogen (secondary N) is 1. The molecule has 1 aromatic carbocycles. The molecule has 26 heavy (non-hydrogen) atoms. The number of anilines is 1. The van der Waals surface area contributed by atoms with Gasteiger partial charge in [0, 0.05) is 25.3 Å². The summed E-state index contributed by atoms with van der Waals surface area (Å²) in [5, 5.41) is 3.44. The molecule has 0 aromatic heterocycles. The summed E-state index contributed by atoms with van der Waals surface area (Å²) in [6.07, 6.45) is 3.02. The van der Waals surface area contributed by atoms with E-state index in [9.17, 15) is 4.79 Å². The Morgan fingerprint density at radius 3 is 2.62 bits per heavy atom. The van der Waals surface area contributed by atoms with Crippen LogP contribution in [-0.2, 0) is 11.2 Å². The summed E-state index contributed by atoms with van der Waals surface area (Å²) in [7, 11) is 2.22. The van der Waals surface area contributed by atoms with Crippen LogP contribution < -0.4 is 10.2 Å². The SMILES string of the molecule is CC1c2cccc(N(C)C3CCNCC3)c2CCN1C(=O)OC(C)(C)C. The van der Waals surface area contributed by atoms with Crippen LogP contribution in [-0.4, -0.2) is 49.3 Å². The van der Waals surface area contributed by atoms with E-state index in [-0.39, 0.29) is 12.1 Å². The first kappa shape index (κ1) is 19.0. The van der Waals surface area contributed by atoms with Gasteiger partial charge in [0.1, 0.15) is 5.60 Å². The van der Waals surface area contributed by atoms with Crippen LogP contribution in [0.3, 0.4) is 0 Å². The summed E-state index contributed by atoms with van der Waals surface area (Å²) in [6, 6.07) is 7.14. The molecule has 1 fully saturated rings. The number of nitrogens with zero attached hydrogens (tertiary/aromatic N) is 2. The zero-order chi connectivity index (χ0) is 18.9. The van der Waals surface area contributed by atoms with Gasteiger partial charge in [0.2, 0.25) is 0 Å². The Morgan fingerprint density at radius 1 is 1.27 bits per heavy atom. The molecule has 1 unspecified atom stereocenters. The summed E-state index contributed by atoms with van der Waals surface area (Å²) >= 11 is 0. The standard InChI is InChI=1S/C21H33N3O2/c1-15-17-7-6-8-19(23(5)16-9-12-22-13-10-16)18(17)11-14-24(15)20(25)26-21(2,3)4/h6-8,15-16,22H,9-14H2,1-5H3. The van der Waals surface area contributed by atoms with Gasteiger partial charge in [0.15, 0.2) is 0 Å². The second-order valence-corrected chi connectivity index (χ2v) is 8.54. The maximum absolute atomic E-state index is 12.6.